The van der Waals surface area contributed by atoms with E-state index >= 15 is 0 Å². The molecule has 0 heterocycles. The van der Waals surface area contributed by atoms with Gasteiger partial charge in [0.2, 0.25) is 0 Å². The molecule has 1 aliphatic carbocycles. The van der Waals surface area contributed by atoms with Crippen LogP contribution in [0, 0.1) is 0 Å². The maximum absolute atomic E-state index is 10.6. The lowest BCUT2D eigenvalue weighted by Crippen LogP contribution is -1.87. The van der Waals surface area contributed by atoms with E-state index in [1.807, 2.05) is 6.08 Å². The van der Waals surface area contributed by atoms with Gasteiger partial charge in [-0.05, 0) is 25.3 Å². The molecule has 0 atom stereocenters. The van der Waals surface area contributed by atoms with Gasteiger partial charge in [0.1, 0.15) is 0 Å². The summed E-state index contributed by atoms with van der Waals surface area (Å²) in [5, 5.41) is 0. The maximum atomic E-state index is 10.6. The summed E-state index contributed by atoms with van der Waals surface area (Å²) in [5.41, 5.74) is 0. The molecule has 0 amide bonds. The average Bonchev–Trinajstić information content (AvgIpc) is 2.21. The Morgan fingerprint density at radius 2 is 2.00 bits per heavy atom. The van der Waals surface area contributed by atoms with Gasteiger partial charge >= 0.3 is 0 Å². The average molecular weight is 138 g/mol. The number of hydrogen-bond donors (Lipinski definition) is 0. The minimum absolute atomic E-state index is 0.294. The molecule has 0 radical (unpaired) electrons. The fraction of sp³-hybridized carbons (Fsp3) is 0.444. The third kappa shape index (κ3) is 4.07. The highest BCUT2D eigenvalue weighted by atomic mass is 16.1. The smallest absolute Gasteiger partial charge is 0.155 e. The lowest BCUT2D eigenvalue weighted by Gasteiger charge is -1.86. The van der Waals surface area contributed by atoms with Crippen molar-refractivity contribution in [3.8, 4) is 0 Å². The predicted molar refractivity (Wildman–Crippen MR) is 43.9 cm³/mol. The molecular weight excluding hydrogens is 124 g/mol. The van der Waals surface area contributed by atoms with Crippen molar-refractivity contribution in [2.75, 3.05) is 0 Å². The fourth-order valence-electron chi connectivity index (χ4n) is 0.860. The molecule has 0 bridgehead atoms. The van der Waals surface area contributed by atoms with Gasteiger partial charge in [0.25, 0.3) is 0 Å². The Labute approximate surface area is 62.4 Å². The molecule has 0 fully saturated rings. The minimum Gasteiger partial charge on any atom is -0.295 e. The Morgan fingerprint density at radius 1 is 1.30 bits per heavy atom. The molecule has 1 nitrogen and oxygen atoms in total. The number of ketones is 1. The Kier molecular flexibility index (Phi) is 5.74. The summed E-state index contributed by atoms with van der Waals surface area (Å²) in [7, 11) is 0. The van der Waals surface area contributed by atoms with Crippen LogP contribution in [-0.2, 0) is 4.79 Å². The predicted octanol–water partition coefficient (Wildman–Crippen LogP) is 2.49. The third-order valence-electron chi connectivity index (χ3n) is 1.35. The molecule has 10 heavy (non-hydrogen) atoms. The van der Waals surface area contributed by atoms with Gasteiger partial charge < -0.3 is 0 Å². The first-order valence-electron chi connectivity index (χ1n) is 3.59. The van der Waals surface area contributed by atoms with Crippen molar-refractivity contribution in [2.24, 2.45) is 0 Å². The van der Waals surface area contributed by atoms with Gasteiger partial charge in [-0.15, -0.1) is 13.2 Å². The first-order chi connectivity index (χ1) is 4.89. The molecule has 0 aliphatic heterocycles. The second kappa shape index (κ2) is 6.27. The van der Waals surface area contributed by atoms with Gasteiger partial charge in [0.05, 0.1) is 0 Å². The normalized spacial score (nSPS) is 17.0. The van der Waals surface area contributed by atoms with Crippen molar-refractivity contribution in [3.63, 3.8) is 0 Å². The molecular formula is C9H14O. The zero-order valence-electron chi connectivity index (χ0n) is 6.31. The van der Waals surface area contributed by atoms with Crippen LogP contribution in [0.25, 0.3) is 0 Å². The number of allylic oxidation sites excluding steroid dienone is 2. The van der Waals surface area contributed by atoms with Gasteiger partial charge in [-0.1, -0.05) is 6.08 Å². The van der Waals surface area contributed by atoms with Crippen LogP contribution < -0.4 is 0 Å². The Hall–Kier alpha value is -0.850. The van der Waals surface area contributed by atoms with Gasteiger partial charge in [0, 0.05) is 6.42 Å². The minimum atomic E-state index is 0.294. The zero-order chi connectivity index (χ0) is 7.82. The van der Waals surface area contributed by atoms with Crippen LogP contribution in [0.2, 0.25) is 0 Å². The van der Waals surface area contributed by atoms with Crippen molar-refractivity contribution >= 4 is 5.78 Å². The van der Waals surface area contributed by atoms with Crippen LogP contribution in [0.5, 0.6) is 0 Å². The summed E-state index contributed by atoms with van der Waals surface area (Å²) >= 11 is 0. The molecule has 0 aromatic heterocycles. The summed E-state index contributed by atoms with van der Waals surface area (Å²) in [5.74, 6) is 0.294. The topological polar surface area (TPSA) is 17.1 Å². The fourth-order valence-corrected chi connectivity index (χ4v) is 0.860. The van der Waals surface area contributed by atoms with Gasteiger partial charge in [-0.25, -0.2) is 0 Å². The van der Waals surface area contributed by atoms with Crippen LogP contribution in [0.15, 0.2) is 25.3 Å². The molecule has 56 valence electrons. The van der Waals surface area contributed by atoms with Crippen LogP contribution in [0.3, 0.4) is 0 Å². The van der Waals surface area contributed by atoms with E-state index in [2.05, 4.69) is 13.2 Å². The van der Waals surface area contributed by atoms with Crippen molar-refractivity contribution < 1.29 is 4.79 Å². The van der Waals surface area contributed by atoms with Crippen molar-refractivity contribution in [1.29, 1.82) is 0 Å². The van der Waals surface area contributed by atoms with E-state index in [1.54, 1.807) is 6.08 Å². The molecule has 0 aromatic carbocycles. The van der Waals surface area contributed by atoms with E-state index in [4.69, 9.17) is 0 Å². The summed E-state index contributed by atoms with van der Waals surface area (Å²) in [4.78, 5) is 10.6. The van der Waals surface area contributed by atoms with E-state index in [1.165, 1.54) is 6.42 Å². The van der Waals surface area contributed by atoms with Crippen LogP contribution in [0.1, 0.15) is 25.7 Å². The van der Waals surface area contributed by atoms with Gasteiger partial charge in [-0.2, -0.15) is 0 Å². The van der Waals surface area contributed by atoms with E-state index in [0.29, 0.717) is 5.78 Å². The molecule has 0 saturated carbocycles. The monoisotopic (exact) mass is 138 g/mol. The summed E-state index contributed by atoms with van der Waals surface area (Å²) in [6, 6.07) is 0. The lowest BCUT2D eigenvalue weighted by molar-refractivity contribution is -0.114. The highest BCUT2D eigenvalue weighted by molar-refractivity contribution is 5.89. The van der Waals surface area contributed by atoms with Crippen LogP contribution in [-0.4, -0.2) is 5.78 Å². The zero-order valence-corrected chi connectivity index (χ0v) is 6.31. The molecule has 0 spiro atoms. The van der Waals surface area contributed by atoms with E-state index in [-0.39, 0.29) is 0 Å². The second-order valence-electron chi connectivity index (χ2n) is 2.11. The molecule has 1 aliphatic rings. The molecule has 0 unspecified atom stereocenters. The van der Waals surface area contributed by atoms with Crippen LogP contribution >= 0.6 is 0 Å². The standard InChI is InChI=1S/C7H10O.C2H4/c8-7-5-3-1-2-4-6-7;1-2/h3,5H,1-2,4,6H2;1-2H2. The van der Waals surface area contributed by atoms with Gasteiger partial charge in [-0.3, -0.25) is 4.79 Å². The summed E-state index contributed by atoms with van der Waals surface area (Å²) in [6.45, 7) is 6.00. The Balaban J connectivity index is 0.000000371. The number of carbonyl (C=O) groups excluding carboxylic acids is 1. The Morgan fingerprint density at radius 3 is 2.70 bits per heavy atom. The van der Waals surface area contributed by atoms with Crippen molar-refractivity contribution in [2.45, 2.75) is 25.7 Å². The van der Waals surface area contributed by atoms with E-state index in [9.17, 15) is 4.79 Å². The lowest BCUT2D eigenvalue weighted by atomic mass is 10.2. The van der Waals surface area contributed by atoms with Gasteiger partial charge in [0.15, 0.2) is 5.78 Å². The maximum Gasteiger partial charge on any atom is 0.155 e. The molecule has 0 saturated heterocycles. The highest BCUT2D eigenvalue weighted by Gasteiger charge is 1.98. The number of carbonyl (C=O) groups is 1. The largest absolute Gasteiger partial charge is 0.295 e. The summed E-state index contributed by atoms with van der Waals surface area (Å²) in [6.07, 6.45) is 7.78. The molecule has 0 aromatic rings. The molecule has 1 rings (SSSR count). The SMILES string of the molecule is C=C.O=C1C=CCCCC1. The second-order valence-corrected chi connectivity index (χ2v) is 2.11. The quantitative estimate of drug-likeness (QED) is 0.470. The summed E-state index contributed by atoms with van der Waals surface area (Å²) < 4.78 is 0. The van der Waals surface area contributed by atoms with E-state index < -0.39 is 0 Å². The molecule has 1 heteroatoms. The molecule has 0 N–H and O–H groups in total. The van der Waals surface area contributed by atoms with Crippen molar-refractivity contribution in [1.82, 2.24) is 0 Å². The first-order valence-corrected chi connectivity index (χ1v) is 3.59. The van der Waals surface area contributed by atoms with Crippen molar-refractivity contribution in [3.05, 3.63) is 25.3 Å². The van der Waals surface area contributed by atoms with E-state index in [0.717, 1.165) is 19.3 Å². The number of rotatable bonds is 0. The highest BCUT2D eigenvalue weighted by Crippen LogP contribution is 2.06. The van der Waals surface area contributed by atoms with Crippen LogP contribution in [0.4, 0.5) is 0 Å². The number of hydrogen-bond acceptors (Lipinski definition) is 1. The first kappa shape index (κ1) is 9.15. The third-order valence-corrected chi connectivity index (χ3v) is 1.35. The Bertz CT molecular complexity index is 125.